The van der Waals surface area contributed by atoms with Crippen LogP contribution in [-0.4, -0.2) is 26.9 Å². The summed E-state index contributed by atoms with van der Waals surface area (Å²) in [6, 6.07) is 8.41. The predicted molar refractivity (Wildman–Crippen MR) is 67.2 cm³/mol. The maximum Gasteiger partial charge on any atom is 0.309 e. The monoisotopic (exact) mass is 278 g/mol. The molecule has 2 rings (SSSR count). The number of benzene rings is 1. The van der Waals surface area contributed by atoms with Crippen molar-refractivity contribution < 1.29 is 19.9 Å². The molecule has 6 nitrogen and oxygen atoms in total. The first-order valence-electron chi connectivity index (χ1n) is 5.32. The van der Waals surface area contributed by atoms with Crippen LogP contribution in [0.3, 0.4) is 0 Å². The average molecular weight is 278 g/mol. The minimum Gasteiger partial charge on any atom is -0.481 e. The standard InChI is InChI=1S/C12H10N2O4S/c15-10(16)6-9-7-19-12(14(9)18)13-11(17)8-4-2-1-3-5-8/h1-5,7,18H,6H2,(H,15,16). The Morgan fingerprint density at radius 2 is 1.95 bits per heavy atom. The molecule has 0 radical (unpaired) electrons. The molecule has 98 valence electrons. The molecule has 19 heavy (non-hydrogen) atoms. The van der Waals surface area contributed by atoms with Gasteiger partial charge in [0.2, 0.25) is 4.80 Å². The maximum atomic E-state index is 11.8. The second-order valence-corrected chi connectivity index (χ2v) is 4.51. The molecule has 0 spiro atoms. The van der Waals surface area contributed by atoms with Crippen LogP contribution >= 0.6 is 11.3 Å². The molecule has 1 amide bonds. The molecule has 1 aromatic carbocycles. The van der Waals surface area contributed by atoms with Gasteiger partial charge in [-0.15, -0.1) is 11.3 Å². The Morgan fingerprint density at radius 3 is 2.58 bits per heavy atom. The van der Waals surface area contributed by atoms with Crippen LogP contribution in [0.25, 0.3) is 0 Å². The number of carbonyl (C=O) groups excluding carboxylic acids is 1. The van der Waals surface area contributed by atoms with Crippen LogP contribution in [0.15, 0.2) is 40.7 Å². The van der Waals surface area contributed by atoms with Crippen molar-refractivity contribution in [1.29, 1.82) is 0 Å². The zero-order valence-electron chi connectivity index (χ0n) is 9.68. The summed E-state index contributed by atoms with van der Waals surface area (Å²) in [7, 11) is 0. The van der Waals surface area contributed by atoms with Crippen molar-refractivity contribution in [3.63, 3.8) is 0 Å². The predicted octanol–water partition coefficient (Wildman–Crippen LogP) is 1.16. The van der Waals surface area contributed by atoms with Crippen LogP contribution in [0.4, 0.5) is 0 Å². The van der Waals surface area contributed by atoms with E-state index in [4.69, 9.17) is 5.11 Å². The van der Waals surface area contributed by atoms with Crippen LogP contribution in [0, 0.1) is 0 Å². The molecule has 2 N–H and O–H groups in total. The molecule has 0 fully saturated rings. The van der Waals surface area contributed by atoms with Gasteiger partial charge in [-0.3, -0.25) is 9.59 Å². The number of carboxylic acids is 1. The van der Waals surface area contributed by atoms with Gasteiger partial charge in [-0.05, 0) is 12.1 Å². The molecular formula is C12H10N2O4S. The number of amides is 1. The van der Waals surface area contributed by atoms with E-state index in [1.54, 1.807) is 30.3 Å². The molecule has 0 atom stereocenters. The van der Waals surface area contributed by atoms with Crippen molar-refractivity contribution in [3.8, 4) is 0 Å². The van der Waals surface area contributed by atoms with E-state index in [-0.39, 0.29) is 16.9 Å². The van der Waals surface area contributed by atoms with Crippen LogP contribution < -0.4 is 4.80 Å². The number of hydrogen-bond acceptors (Lipinski definition) is 4. The summed E-state index contributed by atoms with van der Waals surface area (Å²) in [4.78, 5) is 26.2. The topological polar surface area (TPSA) is 91.9 Å². The van der Waals surface area contributed by atoms with Crippen molar-refractivity contribution in [2.45, 2.75) is 6.42 Å². The lowest BCUT2D eigenvalue weighted by atomic mass is 10.2. The Balaban J connectivity index is 2.32. The molecule has 0 aliphatic rings. The van der Waals surface area contributed by atoms with Gasteiger partial charge in [0.05, 0.1) is 12.1 Å². The van der Waals surface area contributed by atoms with Gasteiger partial charge >= 0.3 is 5.97 Å². The van der Waals surface area contributed by atoms with E-state index < -0.39 is 11.9 Å². The first kappa shape index (κ1) is 13.0. The van der Waals surface area contributed by atoms with Gasteiger partial charge in [0.1, 0.15) is 0 Å². The Labute approximate surface area is 111 Å². The summed E-state index contributed by atoms with van der Waals surface area (Å²) in [5.74, 6) is -1.56. The molecule has 0 bridgehead atoms. The molecule has 0 saturated carbocycles. The number of rotatable bonds is 3. The van der Waals surface area contributed by atoms with E-state index in [2.05, 4.69) is 4.99 Å². The molecular weight excluding hydrogens is 268 g/mol. The fraction of sp³-hybridized carbons (Fsp3) is 0.0833. The van der Waals surface area contributed by atoms with Crippen molar-refractivity contribution in [1.82, 2.24) is 4.73 Å². The van der Waals surface area contributed by atoms with Crippen LogP contribution in [-0.2, 0) is 11.2 Å². The normalized spacial score (nSPS) is 11.5. The van der Waals surface area contributed by atoms with Gasteiger partial charge in [0, 0.05) is 10.9 Å². The lowest BCUT2D eigenvalue weighted by Gasteiger charge is -1.97. The zero-order valence-corrected chi connectivity index (χ0v) is 10.5. The number of carboxylic acid groups (broad SMARTS) is 1. The smallest absolute Gasteiger partial charge is 0.309 e. The van der Waals surface area contributed by atoms with Gasteiger partial charge in [-0.1, -0.05) is 18.2 Å². The number of aromatic nitrogens is 1. The van der Waals surface area contributed by atoms with E-state index in [1.165, 1.54) is 5.38 Å². The Morgan fingerprint density at radius 1 is 1.26 bits per heavy atom. The third kappa shape index (κ3) is 3.08. The van der Waals surface area contributed by atoms with Gasteiger partial charge in [0.15, 0.2) is 0 Å². The first-order valence-corrected chi connectivity index (χ1v) is 6.20. The Kier molecular flexibility index (Phi) is 3.76. The van der Waals surface area contributed by atoms with E-state index in [0.29, 0.717) is 10.3 Å². The number of aliphatic carboxylic acids is 1. The Bertz CT molecular complexity index is 673. The highest BCUT2D eigenvalue weighted by Crippen LogP contribution is 2.03. The molecule has 1 heterocycles. The van der Waals surface area contributed by atoms with Crippen molar-refractivity contribution in [2.24, 2.45) is 4.99 Å². The maximum absolute atomic E-state index is 11.8. The van der Waals surface area contributed by atoms with Crippen molar-refractivity contribution in [2.75, 3.05) is 0 Å². The van der Waals surface area contributed by atoms with E-state index in [1.807, 2.05) is 0 Å². The third-order valence-electron chi connectivity index (χ3n) is 2.30. The molecule has 0 saturated heterocycles. The lowest BCUT2D eigenvalue weighted by Crippen LogP contribution is -2.18. The van der Waals surface area contributed by atoms with Crippen molar-refractivity contribution in [3.05, 3.63) is 51.8 Å². The van der Waals surface area contributed by atoms with E-state index >= 15 is 0 Å². The molecule has 0 aliphatic carbocycles. The summed E-state index contributed by atoms with van der Waals surface area (Å²) in [6.45, 7) is 0. The molecule has 0 unspecified atom stereocenters. The summed E-state index contributed by atoms with van der Waals surface area (Å²) >= 11 is 1.00. The zero-order chi connectivity index (χ0) is 13.8. The second kappa shape index (κ2) is 5.49. The minimum absolute atomic E-state index is 0.0464. The van der Waals surface area contributed by atoms with Gasteiger partial charge in [-0.25, -0.2) is 0 Å². The molecule has 0 aliphatic heterocycles. The summed E-state index contributed by atoms with van der Waals surface area (Å²) in [5, 5.41) is 19.8. The minimum atomic E-state index is -1.07. The van der Waals surface area contributed by atoms with E-state index in [0.717, 1.165) is 11.3 Å². The van der Waals surface area contributed by atoms with Crippen LogP contribution in [0.2, 0.25) is 0 Å². The fourth-order valence-corrected chi connectivity index (χ4v) is 2.20. The largest absolute Gasteiger partial charge is 0.481 e. The first-order chi connectivity index (χ1) is 9.08. The fourth-order valence-electron chi connectivity index (χ4n) is 1.42. The number of hydrogen-bond donors (Lipinski definition) is 2. The highest BCUT2D eigenvalue weighted by Gasteiger charge is 2.10. The van der Waals surface area contributed by atoms with Crippen LogP contribution in [0.5, 0.6) is 0 Å². The number of carbonyl (C=O) groups is 2. The average Bonchev–Trinajstić information content (AvgIpc) is 2.72. The van der Waals surface area contributed by atoms with Gasteiger partial charge < -0.3 is 10.3 Å². The number of nitrogens with zero attached hydrogens (tertiary/aromatic N) is 2. The Hall–Kier alpha value is -2.41. The summed E-state index contributed by atoms with van der Waals surface area (Å²) < 4.78 is 0.625. The highest BCUT2D eigenvalue weighted by molar-refractivity contribution is 7.07. The summed E-state index contributed by atoms with van der Waals surface area (Å²) in [5.41, 5.74) is 0.577. The third-order valence-corrected chi connectivity index (χ3v) is 3.17. The number of thiazole rings is 1. The van der Waals surface area contributed by atoms with E-state index in [9.17, 15) is 14.8 Å². The van der Waals surface area contributed by atoms with Gasteiger partial charge in [0.25, 0.3) is 5.91 Å². The molecule has 1 aromatic heterocycles. The lowest BCUT2D eigenvalue weighted by molar-refractivity contribution is -0.136. The quantitative estimate of drug-likeness (QED) is 0.824. The molecule has 7 heteroatoms. The second-order valence-electron chi connectivity index (χ2n) is 3.67. The van der Waals surface area contributed by atoms with Crippen LogP contribution in [0.1, 0.15) is 16.1 Å². The molecule has 2 aromatic rings. The summed E-state index contributed by atoms with van der Waals surface area (Å²) in [6.07, 6.45) is -0.331. The van der Waals surface area contributed by atoms with Crippen molar-refractivity contribution >= 4 is 23.2 Å². The SMILES string of the molecule is O=C(O)Cc1csc(=NC(=O)c2ccccc2)n1O. The van der Waals surface area contributed by atoms with Gasteiger partial charge in [-0.2, -0.15) is 9.72 Å². The highest BCUT2D eigenvalue weighted by atomic mass is 32.1.